The van der Waals surface area contributed by atoms with Crippen molar-refractivity contribution in [3.8, 4) is 0 Å². The average molecular weight is 399 g/mol. The predicted octanol–water partition coefficient (Wildman–Crippen LogP) is 4.05. The fraction of sp³-hybridized carbons (Fsp3) is 0.200. The van der Waals surface area contributed by atoms with Gasteiger partial charge in [0.1, 0.15) is 6.54 Å². The van der Waals surface area contributed by atoms with Crippen LogP contribution < -0.4 is 15.5 Å². The molecule has 5 heteroatoms. The maximum absolute atomic E-state index is 13.3. The van der Waals surface area contributed by atoms with Crippen LogP contribution in [0.25, 0.3) is 0 Å². The van der Waals surface area contributed by atoms with Crippen molar-refractivity contribution in [1.82, 2.24) is 5.32 Å². The van der Waals surface area contributed by atoms with Crippen LogP contribution in [0, 0.1) is 6.92 Å². The molecule has 0 saturated carbocycles. The zero-order valence-corrected chi connectivity index (χ0v) is 17.1. The van der Waals surface area contributed by atoms with E-state index < -0.39 is 6.04 Å². The van der Waals surface area contributed by atoms with Crippen molar-refractivity contribution in [2.24, 2.45) is 0 Å². The molecule has 1 heterocycles. The molecule has 5 nitrogen and oxygen atoms in total. The Kier molecular flexibility index (Phi) is 5.63. The van der Waals surface area contributed by atoms with Gasteiger partial charge in [0, 0.05) is 0 Å². The smallest absolute Gasteiger partial charge is 0.244 e. The molecule has 0 radical (unpaired) electrons. The van der Waals surface area contributed by atoms with E-state index in [4.69, 9.17) is 0 Å². The Bertz CT molecular complexity index is 1050. The van der Waals surface area contributed by atoms with Gasteiger partial charge in [-0.3, -0.25) is 19.8 Å². The molecule has 1 aliphatic heterocycles. The molecule has 2 N–H and O–H groups in total. The first kappa shape index (κ1) is 19.9. The average Bonchev–Trinajstić information content (AvgIpc) is 2.77. The predicted molar refractivity (Wildman–Crippen MR) is 119 cm³/mol. The molecule has 1 aliphatic rings. The van der Waals surface area contributed by atoms with Gasteiger partial charge in [-0.25, -0.2) is 0 Å². The third-order valence-electron chi connectivity index (χ3n) is 5.37. The maximum Gasteiger partial charge on any atom is 0.244 e. The van der Waals surface area contributed by atoms with Gasteiger partial charge in [-0.05, 0) is 37.1 Å². The summed E-state index contributed by atoms with van der Waals surface area (Å²) in [4.78, 5) is 27.0. The summed E-state index contributed by atoms with van der Waals surface area (Å²) in [6.45, 7) is 3.92. The second-order valence-electron chi connectivity index (χ2n) is 7.63. The monoisotopic (exact) mass is 399 g/mol. The Morgan fingerprint density at radius 2 is 1.57 bits per heavy atom. The number of hydrogen-bond donors (Lipinski definition) is 2. The lowest BCUT2D eigenvalue weighted by Gasteiger charge is -2.32. The third-order valence-corrected chi connectivity index (χ3v) is 5.37. The summed E-state index contributed by atoms with van der Waals surface area (Å²) in [6.07, 6.45) is 0. The number of nitrogens with zero attached hydrogens (tertiary/aromatic N) is 1. The molecule has 2 atom stereocenters. The standard InChI is InChI=1S/C25H25N3O2/c1-17-12-14-20(15-13-17)24(19-8-4-3-5-9-19)26-18(2)25(30)28-16-23(29)27-21-10-6-7-11-22(21)28/h3-15,18,24,26H,16H2,1-2H3,(H,27,29)/t18-,24-/m0/s1. The van der Waals surface area contributed by atoms with Crippen LogP contribution in [0.15, 0.2) is 78.9 Å². The van der Waals surface area contributed by atoms with Gasteiger partial charge in [0.05, 0.1) is 23.5 Å². The number of fused-ring (bicyclic) bond motifs is 1. The van der Waals surface area contributed by atoms with Crippen molar-refractivity contribution in [3.05, 3.63) is 95.6 Å². The quantitative estimate of drug-likeness (QED) is 0.681. The van der Waals surface area contributed by atoms with Gasteiger partial charge in [-0.1, -0.05) is 72.3 Å². The normalized spacial score (nSPS) is 15.1. The van der Waals surface area contributed by atoms with E-state index >= 15 is 0 Å². The molecule has 4 rings (SSSR count). The van der Waals surface area contributed by atoms with Gasteiger partial charge in [0.25, 0.3) is 0 Å². The van der Waals surface area contributed by atoms with E-state index in [-0.39, 0.29) is 24.4 Å². The lowest BCUT2D eigenvalue weighted by atomic mass is 9.97. The van der Waals surface area contributed by atoms with Crippen LogP contribution in [0.2, 0.25) is 0 Å². The summed E-state index contributed by atoms with van der Waals surface area (Å²) < 4.78 is 0. The molecule has 0 fully saturated rings. The summed E-state index contributed by atoms with van der Waals surface area (Å²) >= 11 is 0. The van der Waals surface area contributed by atoms with Gasteiger partial charge in [-0.15, -0.1) is 0 Å². The fourth-order valence-electron chi connectivity index (χ4n) is 3.77. The molecule has 0 aromatic heterocycles. The molecule has 0 bridgehead atoms. The van der Waals surface area contributed by atoms with Crippen LogP contribution in [-0.4, -0.2) is 24.4 Å². The lowest BCUT2D eigenvalue weighted by Crippen LogP contribution is -2.50. The molecule has 2 amide bonds. The van der Waals surface area contributed by atoms with Gasteiger partial charge in [0.15, 0.2) is 0 Å². The highest BCUT2D eigenvalue weighted by Crippen LogP contribution is 2.30. The van der Waals surface area contributed by atoms with Crippen LogP contribution in [0.4, 0.5) is 11.4 Å². The van der Waals surface area contributed by atoms with Gasteiger partial charge < -0.3 is 5.32 Å². The highest BCUT2D eigenvalue weighted by Gasteiger charge is 2.31. The minimum Gasteiger partial charge on any atom is -0.323 e. The molecule has 30 heavy (non-hydrogen) atoms. The van der Waals surface area contributed by atoms with Crippen LogP contribution in [0.3, 0.4) is 0 Å². The topological polar surface area (TPSA) is 61.4 Å². The first-order chi connectivity index (χ1) is 14.5. The summed E-state index contributed by atoms with van der Waals surface area (Å²) in [5.74, 6) is -0.322. The van der Waals surface area contributed by atoms with E-state index in [9.17, 15) is 9.59 Å². The molecule has 0 saturated heterocycles. The number of rotatable bonds is 5. The van der Waals surface area contributed by atoms with Crippen molar-refractivity contribution in [3.63, 3.8) is 0 Å². The van der Waals surface area contributed by atoms with Crippen LogP contribution in [-0.2, 0) is 9.59 Å². The first-order valence-corrected chi connectivity index (χ1v) is 10.1. The summed E-state index contributed by atoms with van der Waals surface area (Å²) in [6, 6.07) is 25.1. The lowest BCUT2D eigenvalue weighted by molar-refractivity contribution is -0.123. The minimum absolute atomic E-state index is 0.0163. The van der Waals surface area contributed by atoms with Gasteiger partial charge in [0.2, 0.25) is 11.8 Å². The number of carbonyl (C=O) groups excluding carboxylic acids is 2. The molecule has 0 unspecified atom stereocenters. The van der Waals surface area contributed by atoms with Crippen LogP contribution in [0.5, 0.6) is 0 Å². The molecular formula is C25H25N3O2. The van der Waals surface area contributed by atoms with Crippen LogP contribution in [0.1, 0.15) is 29.7 Å². The number of carbonyl (C=O) groups is 2. The van der Waals surface area contributed by atoms with Crippen molar-refractivity contribution in [2.75, 3.05) is 16.8 Å². The summed E-state index contributed by atoms with van der Waals surface area (Å²) in [5, 5.41) is 6.32. The van der Waals surface area contributed by atoms with Crippen molar-refractivity contribution < 1.29 is 9.59 Å². The van der Waals surface area contributed by atoms with E-state index in [1.165, 1.54) is 5.56 Å². The fourth-order valence-corrected chi connectivity index (χ4v) is 3.77. The van der Waals surface area contributed by atoms with E-state index in [2.05, 4.69) is 54.0 Å². The zero-order chi connectivity index (χ0) is 21.1. The van der Waals surface area contributed by atoms with E-state index in [0.29, 0.717) is 5.69 Å². The van der Waals surface area contributed by atoms with Crippen molar-refractivity contribution in [2.45, 2.75) is 25.9 Å². The van der Waals surface area contributed by atoms with Crippen molar-refractivity contribution in [1.29, 1.82) is 0 Å². The van der Waals surface area contributed by atoms with Gasteiger partial charge in [-0.2, -0.15) is 0 Å². The summed E-state index contributed by atoms with van der Waals surface area (Å²) in [7, 11) is 0. The van der Waals surface area contributed by atoms with Crippen molar-refractivity contribution >= 4 is 23.2 Å². The number of hydrogen-bond acceptors (Lipinski definition) is 3. The number of anilines is 2. The summed E-state index contributed by atoms with van der Waals surface area (Å²) in [5.41, 5.74) is 4.74. The van der Waals surface area contributed by atoms with E-state index in [0.717, 1.165) is 16.8 Å². The maximum atomic E-state index is 13.3. The Hall–Kier alpha value is -3.44. The molecule has 3 aromatic carbocycles. The zero-order valence-electron chi connectivity index (χ0n) is 17.1. The number of benzene rings is 3. The van der Waals surface area contributed by atoms with Crippen LogP contribution >= 0.6 is 0 Å². The molecule has 3 aromatic rings. The Morgan fingerprint density at radius 3 is 2.30 bits per heavy atom. The highest BCUT2D eigenvalue weighted by molar-refractivity contribution is 6.11. The number of aryl methyl sites for hydroxylation is 1. The Labute approximate surface area is 176 Å². The molecular weight excluding hydrogens is 374 g/mol. The first-order valence-electron chi connectivity index (χ1n) is 10.1. The van der Waals surface area contributed by atoms with E-state index in [1.54, 1.807) is 4.90 Å². The largest absolute Gasteiger partial charge is 0.323 e. The number of para-hydroxylation sites is 2. The van der Waals surface area contributed by atoms with E-state index in [1.807, 2.05) is 49.4 Å². The SMILES string of the molecule is Cc1ccc([C@@H](N[C@@H](C)C(=O)N2CC(=O)Nc3ccccc32)c2ccccc2)cc1. The molecule has 0 spiro atoms. The number of nitrogens with one attached hydrogen (secondary N) is 2. The second-order valence-corrected chi connectivity index (χ2v) is 7.63. The van der Waals surface area contributed by atoms with Gasteiger partial charge >= 0.3 is 0 Å². The Morgan fingerprint density at radius 1 is 0.933 bits per heavy atom. The second kappa shape index (κ2) is 8.51. The minimum atomic E-state index is -0.490. The molecule has 0 aliphatic carbocycles. The molecule has 152 valence electrons. The Balaban J connectivity index is 1.61. The highest BCUT2D eigenvalue weighted by atomic mass is 16.2. The third kappa shape index (κ3) is 4.11. The number of amides is 2.